The molecule has 0 atom stereocenters. The van der Waals surface area contributed by atoms with Gasteiger partial charge < -0.3 is 0 Å². The van der Waals surface area contributed by atoms with E-state index in [1.54, 1.807) is 6.20 Å². The first-order valence-electron chi connectivity index (χ1n) is 3.75. The zero-order chi connectivity index (χ0) is 7.40. The maximum atomic E-state index is 7.36. The third-order valence-electron chi connectivity index (χ3n) is 1.19. The van der Waals surface area contributed by atoms with E-state index in [2.05, 4.69) is 11.9 Å². The summed E-state index contributed by atoms with van der Waals surface area (Å²) in [7, 11) is 0. The van der Waals surface area contributed by atoms with Crippen LogP contribution in [0.25, 0.3) is 0 Å². The van der Waals surface area contributed by atoms with E-state index in [1.807, 2.05) is 12.1 Å². The molecule has 1 rings (SSSR count). The Kier molecular flexibility index (Phi) is 1.79. The van der Waals surface area contributed by atoms with Gasteiger partial charge in [-0.1, -0.05) is 19.4 Å². The van der Waals surface area contributed by atoms with Crippen LogP contribution in [0.1, 0.15) is 20.3 Å². The Hall–Kier alpha value is -0.850. The molecule has 1 heterocycles. The van der Waals surface area contributed by atoms with Crippen LogP contribution in [-0.4, -0.2) is 4.98 Å². The minimum Gasteiger partial charge on any atom is -0.264 e. The van der Waals surface area contributed by atoms with Crippen LogP contribution in [0.4, 0.5) is 0 Å². The van der Waals surface area contributed by atoms with Crippen LogP contribution in [0.5, 0.6) is 0 Å². The van der Waals surface area contributed by atoms with Gasteiger partial charge in [0.25, 0.3) is 0 Å². The molecule has 0 aromatic carbocycles. The molecule has 0 amide bonds. The molecule has 0 aliphatic carbocycles. The van der Waals surface area contributed by atoms with Crippen molar-refractivity contribution in [3.63, 3.8) is 0 Å². The van der Waals surface area contributed by atoms with E-state index >= 15 is 0 Å². The quantitative estimate of drug-likeness (QED) is 0.585. The van der Waals surface area contributed by atoms with E-state index in [1.165, 1.54) is 0 Å². The lowest BCUT2D eigenvalue weighted by Crippen LogP contribution is -1.81. The zero-order valence-corrected chi connectivity index (χ0v) is 5.59. The fourth-order valence-electron chi connectivity index (χ4n) is 0.768. The molecule has 1 aromatic heterocycles. The molecule has 0 spiro atoms. The maximum absolute atomic E-state index is 7.36. The van der Waals surface area contributed by atoms with Crippen molar-refractivity contribution < 1.29 is 1.37 Å². The molecule has 0 saturated heterocycles. The SMILES string of the molecule is [2H]c1ncccc1CCC. The molecule has 0 bridgehead atoms. The summed E-state index contributed by atoms with van der Waals surface area (Å²) < 4.78 is 7.36. The molecule has 48 valence electrons. The minimum atomic E-state index is 0.421. The molecule has 0 radical (unpaired) electrons. The van der Waals surface area contributed by atoms with Gasteiger partial charge in [0.15, 0.2) is 0 Å². The van der Waals surface area contributed by atoms with E-state index in [0.29, 0.717) is 6.17 Å². The van der Waals surface area contributed by atoms with E-state index in [-0.39, 0.29) is 0 Å². The normalized spacial score (nSPS) is 11.0. The Morgan fingerprint density at radius 2 is 2.67 bits per heavy atom. The predicted molar refractivity (Wildman–Crippen MR) is 38.2 cm³/mol. The van der Waals surface area contributed by atoms with Gasteiger partial charge in [0, 0.05) is 12.4 Å². The van der Waals surface area contributed by atoms with Crippen molar-refractivity contribution in [1.82, 2.24) is 4.98 Å². The monoisotopic (exact) mass is 122 g/mol. The molecule has 1 nitrogen and oxygen atoms in total. The van der Waals surface area contributed by atoms with Gasteiger partial charge in [0.2, 0.25) is 0 Å². The minimum absolute atomic E-state index is 0.421. The van der Waals surface area contributed by atoms with Crippen molar-refractivity contribution in [2.45, 2.75) is 19.8 Å². The Morgan fingerprint density at radius 1 is 1.78 bits per heavy atom. The first-order valence-corrected chi connectivity index (χ1v) is 3.25. The highest BCUT2D eigenvalue weighted by Gasteiger charge is 1.85. The predicted octanol–water partition coefficient (Wildman–Crippen LogP) is 2.03. The molecule has 1 aromatic rings. The van der Waals surface area contributed by atoms with E-state index in [9.17, 15) is 0 Å². The largest absolute Gasteiger partial charge is 0.264 e. The number of aryl methyl sites for hydroxylation is 1. The first-order chi connectivity index (χ1) is 4.84. The van der Waals surface area contributed by atoms with Crippen molar-refractivity contribution >= 4 is 0 Å². The molecular formula is C8H11N. The second kappa shape index (κ2) is 3.23. The lowest BCUT2D eigenvalue weighted by atomic mass is 10.2. The van der Waals surface area contributed by atoms with Gasteiger partial charge in [-0.15, -0.1) is 0 Å². The van der Waals surface area contributed by atoms with Crippen molar-refractivity contribution in [1.29, 1.82) is 0 Å². The topological polar surface area (TPSA) is 12.9 Å². The van der Waals surface area contributed by atoms with Gasteiger partial charge in [-0.3, -0.25) is 4.98 Å². The Balaban J connectivity index is 2.81. The van der Waals surface area contributed by atoms with Gasteiger partial charge >= 0.3 is 0 Å². The van der Waals surface area contributed by atoms with Crippen molar-refractivity contribution in [2.24, 2.45) is 0 Å². The molecule has 0 aliphatic heterocycles. The molecule has 0 N–H and O–H groups in total. The summed E-state index contributed by atoms with van der Waals surface area (Å²) in [6.07, 6.45) is 4.12. The molecule has 0 aliphatic rings. The zero-order valence-electron chi connectivity index (χ0n) is 6.59. The van der Waals surface area contributed by atoms with Crippen LogP contribution < -0.4 is 0 Å². The van der Waals surface area contributed by atoms with Gasteiger partial charge in [-0.25, -0.2) is 0 Å². The van der Waals surface area contributed by atoms with Crippen molar-refractivity contribution in [3.8, 4) is 0 Å². The molecule has 0 fully saturated rings. The maximum Gasteiger partial charge on any atom is 0.0843 e. The average Bonchev–Trinajstić information content (AvgIpc) is 1.94. The summed E-state index contributed by atoms with van der Waals surface area (Å²) in [5, 5.41) is 0. The number of pyridine rings is 1. The van der Waals surface area contributed by atoms with Gasteiger partial charge in [0.05, 0.1) is 1.37 Å². The lowest BCUT2D eigenvalue weighted by molar-refractivity contribution is 0.914. The van der Waals surface area contributed by atoms with Gasteiger partial charge in [-0.2, -0.15) is 0 Å². The summed E-state index contributed by atoms with van der Waals surface area (Å²) in [5.74, 6) is 0. The van der Waals surface area contributed by atoms with E-state index < -0.39 is 0 Å². The highest BCUT2D eigenvalue weighted by molar-refractivity contribution is 5.07. The van der Waals surface area contributed by atoms with Crippen LogP contribution in [0.2, 0.25) is 0 Å². The van der Waals surface area contributed by atoms with E-state index in [0.717, 1.165) is 18.4 Å². The van der Waals surface area contributed by atoms with Gasteiger partial charge in [0.1, 0.15) is 0 Å². The van der Waals surface area contributed by atoms with Gasteiger partial charge in [-0.05, 0) is 18.1 Å². The van der Waals surface area contributed by atoms with Crippen LogP contribution in [0, 0.1) is 0 Å². The number of hydrogen-bond donors (Lipinski definition) is 0. The average molecular weight is 122 g/mol. The summed E-state index contributed by atoms with van der Waals surface area (Å²) >= 11 is 0. The summed E-state index contributed by atoms with van der Waals surface area (Å²) in [4.78, 5) is 3.86. The molecule has 0 unspecified atom stereocenters. The Bertz CT molecular complexity index is 210. The first kappa shape index (κ1) is 4.98. The number of nitrogens with zero attached hydrogens (tertiary/aromatic N) is 1. The highest BCUT2D eigenvalue weighted by Crippen LogP contribution is 1.98. The smallest absolute Gasteiger partial charge is 0.0843 e. The fraction of sp³-hybridized carbons (Fsp3) is 0.375. The van der Waals surface area contributed by atoms with E-state index in [4.69, 9.17) is 1.37 Å². The Morgan fingerprint density at radius 3 is 3.33 bits per heavy atom. The molecule has 0 saturated carbocycles. The van der Waals surface area contributed by atoms with Crippen LogP contribution in [0.3, 0.4) is 0 Å². The number of hydrogen-bond acceptors (Lipinski definition) is 1. The van der Waals surface area contributed by atoms with Crippen molar-refractivity contribution in [2.75, 3.05) is 0 Å². The third-order valence-corrected chi connectivity index (χ3v) is 1.19. The summed E-state index contributed by atoms with van der Waals surface area (Å²) in [6, 6.07) is 3.84. The molecule has 1 heteroatoms. The number of aromatic nitrogens is 1. The van der Waals surface area contributed by atoms with Crippen LogP contribution in [0.15, 0.2) is 24.5 Å². The standard InChI is InChI=1S/C8H11N/c1-2-4-8-5-3-6-9-7-8/h3,5-7H,2,4H2,1H3/i7D. The van der Waals surface area contributed by atoms with Crippen LogP contribution in [-0.2, 0) is 6.42 Å². The summed E-state index contributed by atoms with van der Waals surface area (Å²) in [6.45, 7) is 2.10. The third kappa shape index (κ3) is 1.84. The molecule has 9 heavy (non-hydrogen) atoms. The summed E-state index contributed by atoms with van der Waals surface area (Å²) in [5.41, 5.74) is 1.05. The molecular weight excluding hydrogens is 110 g/mol. The second-order valence-electron chi connectivity index (χ2n) is 2.02. The second-order valence-corrected chi connectivity index (χ2v) is 2.02. The lowest BCUT2D eigenvalue weighted by Gasteiger charge is -1.92. The Labute approximate surface area is 57.2 Å². The highest BCUT2D eigenvalue weighted by atomic mass is 14.6. The fourth-order valence-corrected chi connectivity index (χ4v) is 0.768. The number of rotatable bonds is 2. The van der Waals surface area contributed by atoms with Crippen LogP contribution >= 0.6 is 0 Å². The van der Waals surface area contributed by atoms with Crippen molar-refractivity contribution in [3.05, 3.63) is 30.1 Å².